The van der Waals surface area contributed by atoms with Crippen LogP contribution in [0.15, 0.2) is 55.0 Å². The molecule has 0 radical (unpaired) electrons. The van der Waals surface area contributed by atoms with Crippen LogP contribution in [0.2, 0.25) is 10.0 Å². The number of nitrogens with zero attached hydrogens (tertiary/aromatic N) is 4. The number of hydrogen-bond donors (Lipinski definition) is 3. The number of halogens is 2. The fraction of sp³-hybridized carbons (Fsp3) is 0.222. The number of amides is 3. The first-order valence-electron chi connectivity index (χ1n) is 12.2. The molecule has 12 heteroatoms. The predicted molar refractivity (Wildman–Crippen MR) is 151 cm³/mol. The van der Waals surface area contributed by atoms with E-state index in [1.807, 2.05) is 9.47 Å². The summed E-state index contributed by atoms with van der Waals surface area (Å²) in [5.74, 6) is -0.0315. The average Bonchev–Trinajstić information content (AvgIpc) is 3.29. The molecule has 39 heavy (non-hydrogen) atoms. The molecule has 1 aliphatic heterocycles. The standard InChI is InChI=1S/C27H25Cl2N7O3/c1-15(37)35-7-5-21(6-8-35)36-13-22(23-25(30)31-14-32-26(23)36)24(38)16-3-2-4-19(9-16)33-27(39)34-20-11-17(28)10-18(29)12-20/h2-4,9-14,21H,5-8H2,1H3,(H2,30,31,32)(H2,33,34,39). The van der Waals surface area contributed by atoms with Crippen molar-refractivity contribution < 1.29 is 14.4 Å². The van der Waals surface area contributed by atoms with E-state index in [-0.39, 0.29) is 23.6 Å². The molecule has 0 unspecified atom stereocenters. The first kappa shape index (κ1) is 26.5. The summed E-state index contributed by atoms with van der Waals surface area (Å²) >= 11 is 12.0. The number of aromatic nitrogens is 3. The Balaban J connectivity index is 1.40. The molecule has 4 N–H and O–H groups in total. The van der Waals surface area contributed by atoms with E-state index in [1.165, 1.54) is 6.33 Å². The monoisotopic (exact) mass is 565 g/mol. The van der Waals surface area contributed by atoms with E-state index in [1.54, 1.807) is 55.6 Å². The molecule has 2 aromatic heterocycles. The Bertz CT molecular complexity index is 1580. The van der Waals surface area contributed by atoms with Gasteiger partial charge in [-0.15, -0.1) is 0 Å². The zero-order valence-corrected chi connectivity index (χ0v) is 22.5. The number of carbonyl (C=O) groups is 3. The molecule has 3 heterocycles. The fourth-order valence-electron chi connectivity index (χ4n) is 4.83. The van der Waals surface area contributed by atoms with Gasteiger partial charge in [-0.05, 0) is 43.2 Å². The summed E-state index contributed by atoms with van der Waals surface area (Å²) in [5.41, 5.74) is 8.35. The number of hydrogen-bond acceptors (Lipinski definition) is 6. The van der Waals surface area contributed by atoms with Crippen LogP contribution in [0.25, 0.3) is 11.0 Å². The molecule has 4 aromatic rings. The molecule has 0 bridgehead atoms. The van der Waals surface area contributed by atoms with Crippen LogP contribution in [0.4, 0.5) is 22.0 Å². The largest absolute Gasteiger partial charge is 0.383 e. The van der Waals surface area contributed by atoms with Gasteiger partial charge in [0.25, 0.3) is 0 Å². The fourth-order valence-corrected chi connectivity index (χ4v) is 5.36. The average molecular weight is 566 g/mol. The second-order valence-electron chi connectivity index (χ2n) is 9.29. The minimum absolute atomic E-state index is 0.0480. The molecular weight excluding hydrogens is 541 g/mol. The third-order valence-electron chi connectivity index (χ3n) is 6.69. The topological polar surface area (TPSA) is 135 Å². The number of carbonyl (C=O) groups excluding carboxylic acids is 3. The lowest BCUT2D eigenvalue weighted by Crippen LogP contribution is -2.37. The number of nitrogen functional groups attached to an aromatic ring is 1. The maximum Gasteiger partial charge on any atom is 0.323 e. The van der Waals surface area contributed by atoms with Crippen LogP contribution in [0, 0.1) is 0 Å². The zero-order valence-electron chi connectivity index (χ0n) is 20.9. The van der Waals surface area contributed by atoms with Crippen molar-refractivity contribution in [1.29, 1.82) is 0 Å². The summed E-state index contributed by atoms with van der Waals surface area (Å²) in [6.07, 6.45) is 4.60. The summed E-state index contributed by atoms with van der Waals surface area (Å²) in [7, 11) is 0. The number of benzene rings is 2. The second kappa shape index (κ2) is 10.9. The number of rotatable bonds is 5. The molecule has 0 spiro atoms. The first-order chi connectivity index (χ1) is 18.7. The van der Waals surface area contributed by atoms with Crippen LogP contribution in [0.5, 0.6) is 0 Å². The van der Waals surface area contributed by atoms with Crippen LogP contribution < -0.4 is 16.4 Å². The molecule has 2 aromatic carbocycles. The summed E-state index contributed by atoms with van der Waals surface area (Å²) < 4.78 is 1.96. The summed E-state index contributed by atoms with van der Waals surface area (Å²) in [4.78, 5) is 48.4. The number of ketones is 1. The van der Waals surface area contributed by atoms with Crippen molar-refractivity contribution in [3.8, 4) is 0 Å². The van der Waals surface area contributed by atoms with Gasteiger partial charge in [0.15, 0.2) is 5.78 Å². The maximum atomic E-state index is 13.7. The van der Waals surface area contributed by atoms with Gasteiger partial charge < -0.3 is 25.8 Å². The Kier molecular flexibility index (Phi) is 7.40. The molecule has 1 saturated heterocycles. The smallest absolute Gasteiger partial charge is 0.323 e. The Hall–Kier alpha value is -4.15. The molecule has 0 saturated carbocycles. The second-order valence-corrected chi connectivity index (χ2v) is 10.2. The highest BCUT2D eigenvalue weighted by Crippen LogP contribution is 2.33. The highest BCUT2D eigenvalue weighted by molar-refractivity contribution is 6.35. The van der Waals surface area contributed by atoms with Gasteiger partial charge in [0.05, 0.1) is 10.9 Å². The molecule has 0 atom stereocenters. The highest BCUT2D eigenvalue weighted by atomic mass is 35.5. The van der Waals surface area contributed by atoms with Gasteiger partial charge >= 0.3 is 6.03 Å². The Labute approximate surface area is 234 Å². The van der Waals surface area contributed by atoms with Crippen LogP contribution in [-0.2, 0) is 4.79 Å². The van der Waals surface area contributed by atoms with E-state index in [4.69, 9.17) is 28.9 Å². The number of anilines is 3. The maximum absolute atomic E-state index is 13.7. The van der Waals surface area contributed by atoms with E-state index < -0.39 is 6.03 Å². The molecular formula is C27H25Cl2N7O3. The molecule has 5 rings (SSSR count). The van der Waals surface area contributed by atoms with Crippen LogP contribution in [-0.4, -0.2) is 50.2 Å². The van der Waals surface area contributed by atoms with E-state index in [0.29, 0.717) is 56.7 Å². The van der Waals surface area contributed by atoms with Crippen molar-refractivity contribution in [3.05, 3.63) is 76.2 Å². The Morgan fingerprint density at radius 2 is 1.67 bits per heavy atom. The number of urea groups is 1. The minimum atomic E-state index is -0.524. The lowest BCUT2D eigenvalue weighted by molar-refractivity contribution is -0.130. The normalized spacial score (nSPS) is 13.9. The summed E-state index contributed by atoms with van der Waals surface area (Å²) in [6.45, 7) is 2.82. The number of nitrogens with two attached hydrogens (primary N) is 1. The van der Waals surface area contributed by atoms with Crippen molar-refractivity contribution >= 4 is 69.1 Å². The van der Waals surface area contributed by atoms with Gasteiger partial charge in [-0.25, -0.2) is 14.8 Å². The zero-order chi connectivity index (χ0) is 27.7. The van der Waals surface area contributed by atoms with Crippen molar-refractivity contribution in [2.75, 3.05) is 29.5 Å². The van der Waals surface area contributed by atoms with Crippen LogP contribution in [0.3, 0.4) is 0 Å². The van der Waals surface area contributed by atoms with E-state index in [0.717, 1.165) is 12.8 Å². The lowest BCUT2D eigenvalue weighted by Gasteiger charge is -2.32. The van der Waals surface area contributed by atoms with E-state index in [2.05, 4.69) is 20.6 Å². The molecule has 1 fully saturated rings. The van der Waals surface area contributed by atoms with Crippen LogP contribution in [0.1, 0.15) is 41.7 Å². The quantitative estimate of drug-likeness (QED) is 0.278. The highest BCUT2D eigenvalue weighted by Gasteiger charge is 2.27. The van der Waals surface area contributed by atoms with Gasteiger partial charge in [-0.2, -0.15) is 0 Å². The van der Waals surface area contributed by atoms with Crippen molar-refractivity contribution in [2.24, 2.45) is 0 Å². The number of likely N-dealkylation sites (tertiary alicyclic amines) is 1. The van der Waals surface area contributed by atoms with Gasteiger partial charge in [-0.3, -0.25) is 9.59 Å². The third kappa shape index (κ3) is 5.67. The number of fused-ring (bicyclic) bond motifs is 1. The summed E-state index contributed by atoms with van der Waals surface area (Å²) in [6, 6.07) is 10.8. The van der Waals surface area contributed by atoms with Crippen molar-refractivity contribution in [1.82, 2.24) is 19.4 Å². The number of piperidine rings is 1. The molecule has 1 aliphatic rings. The third-order valence-corrected chi connectivity index (χ3v) is 7.13. The molecule has 10 nitrogen and oxygen atoms in total. The Morgan fingerprint density at radius 3 is 2.36 bits per heavy atom. The van der Waals surface area contributed by atoms with Crippen LogP contribution >= 0.6 is 23.2 Å². The van der Waals surface area contributed by atoms with Gasteiger partial charge in [0.2, 0.25) is 5.91 Å². The Morgan fingerprint density at radius 1 is 0.974 bits per heavy atom. The van der Waals surface area contributed by atoms with Gasteiger partial charge in [0.1, 0.15) is 17.8 Å². The van der Waals surface area contributed by atoms with Gasteiger partial charge in [-0.1, -0.05) is 35.3 Å². The summed E-state index contributed by atoms with van der Waals surface area (Å²) in [5, 5.41) is 6.64. The predicted octanol–water partition coefficient (Wildman–Crippen LogP) is 5.38. The lowest BCUT2D eigenvalue weighted by atomic mass is 10.0. The minimum Gasteiger partial charge on any atom is -0.383 e. The van der Waals surface area contributed by atoms with E-state index in [9.17, 15) is 14.4 Å². The first-order valence-corrected chi connectivity index (χ1v) is 13.0. The van der Waals surface area contributed by atoms with Gasteiger partial charge in [0, 0.05) is 59.2 Å². The number of nitrogens with one attached hydrogen (secondary N) is 2. The van der Waals surface area contributed by atoms with Crippen molar-refractivity contribution in [3.63, 3.8) is 0 Å². The SMILES string of the molecule is CC(=O)N1CCC(n2cc(C(=O)c3cccc(NC(=O)Nc4cc(Cl)cc(Cl)c4)c3)c3c(N)ncnc32)CC1. The molecule has 3 amide bonds. The van der Waals surface area contributed by atoms with E-state index >= 15 is 0 Å². The molecule has 200 valence electrons. The van der Waals surface area contributed by atoms with Crippen molar-refractivity contribution in [2.45, 2.75) is 25.8 Å². The molecule has 0 aliphatic carbocycles.